The van der Waals surface area contributed by atoms with Gasteiger partial charge in [0.15, 0.2) is 0 Å². The summed E-state index contributed by atoms with van der Waals surface area (Å²) in [5.74, 6) is -0.130. The zero-order chi connectivity index (χ0) is 16.5. The molecule has 0 aromatic heterocycles. The van der Waals surface area contributed by atoms with Gasteiger partial charge in [-0.1, -0.05) is 60.7 Å². The molecule has 1 unspecified atom stereocenters. The molecule has 0 saturated heterocycles. The maximum Gasteiger partial charge on any atom is 0.269 e. The fraction of sp³-hybridized carbons (Fsp3) is 0.278. The summed E-state index contributed by atoms with van der Waals surface area (Å²) in [7, 11) is -4.38. The van der Waals surface area contributed by atoms with Crippen LogP contribution in [0.25, 0.3) is 0 Å². The molecule has 5 heteroatoms. The lowest BCUT2D eigenvalue weighted by molar-refractivity contribution is -0.121. The smallest absolute Gasteiger partial charge is 0.269 e. The van der Waals surface area contributed by atoms with Gasteiger partial charge in [0.2, 0.25) is 0 Å². The Kier molecular flexibility index (Phi) is 4.08. The van der Waals surface area contributed by atoms with E-state index in [1.54, 1.807) is 0 Å². The van der Waals surface area contributed by atoms with Crippen molar-refractivity contribution >= 4 is 15.9 Å². The van der Waals surface area contributed by atoms with Gasteiger partial charge in [0.1, 0.15) is 11.0 Å². The minimum absolute atomic E-state index is 0.130. The molecule has 2 aromatic rings. The van der Waals surface area contributed by atoms with Crippen LogP contribution in [0.15, 0.2) is 60.7 Å². The Balaban J connectivity index is 2.29. The third kappa shape index (κ3) is 2.82. The second kappa shape index (κ2) is 5.91. The van der Waals surface area contributed by atoms with E-state index in [1.165, 1.54) is 0 Å². The molecule has 1 N–H and O–H groups in total. The molecule has 0 aliphatic heterocycles. The molecule has 2 aromatic carbocycles. The first-order valence-corrected chi connectivity index (χ1v) is 9.04. The standard InChI is InChI=1S/C18H18O4S/c19-16-11-12-18(14-7-3-1-4-8-14,15-9-5-2-6-10-15)17(13-16)23(20,21)22/h1-10,17H,11-13H2,(H,20,21,22). The Morgan fingerprint density at radius 2 is 1.39 bits per heavy atom. The SMILES string of the molecule is O=C1CCC(c2ccccc2)(c2ccccc2)C(S(=O)(=O)O)C1. The van der Waals surface area contributed by atoms with Crippen LogP contribution in [0.3, 0.4) is 0 Å². The molecular formula is C18H18O4S. The van der Waals surface area contributed by atoms with Gasteiger partial charge in [-0.2, -0.15) is 8.42 Å². The summed E-state index contributed by atoms with van der Waals surface area (Å²) in [5, 5.41) is -1.17. The first-order chi connectivity index (χ1) is 10.9. The molecule has 0 amide bonds. The lowest BCUT2D eigenvalue weighted by Gasteiger charge is -2.43. The highest BCUT2D eigenvalue weighted by Crippen LogP contribution is 2.46. The number of benzene rings is 2. The predicted octanol–water partition coefficient (Wildman–Crippen LogP) is 2.98. The molecule has 1 aliphatic rings. The summed E-state index contributed by atoms with van der Waals surface area (Å²) in [6.45, 7) is 0. The van der Waals surface area contributed by atoms with Gasteiger partial charge in [0.25, 0.3) is 10.1 Å². The van der Waals surface area contributed by atoms with Crippen molar-refractivity contribution in [3.63, 3.8) is 0 Å². The van der Waals surface area contributed by atoms with Gasteiger partial charge < -0.3 is 0 Å². The monoisotopic (exact) mass is 330 g/mol. The third-order valence-electron chi connectivity index (χ3n) is 4.70. The van der Waals surface area contributed by atoms with Crippen molar-refractivity contribution in [1.82, 2.24) is 0 Å². The van der Waals surface area contributed by atoms with Crippen LogP contribution in [0.5, 0.6) is 0 Å². The van der Waals surface area contributed by atoms with Crippen LogP contribution in [-0.4, -0.2) is 24.0 Å². The minimum Gasteiger partial charge on any atom is -0.300 e. The van der Waals surface area contributed by atoms with Gasteiger partial charge in [-0.15, -0.1) is 0 Å². The van der Waals surface area contributed by atoms with Crippen LogP contribution < -0.4 is 0 Å². The van der Waals surface area contributed by atoms with Crippen LogP contribution in [-0.2, 0) is 20.3 Å². The van der Waals surface area contributed by atoms with E-state index in [-0.39, 0.29) is 12.2 Å². The van der Waals surface area contributed by atoms with E-state index in [0.29, 0.717) is 12.8 Å². The molecular weight excluding hydrogens is 312 g/mol. The number of hydrogen-bond acceptors (Lipinski definition) is 3. The zero-order valence-electron chi connectivity index (χ0n) is 12.6. The highest BCUT2D eigenvalue weighted by atomic mass is 32.2. The molecule has 0 heterocycles. The summed E-state index contributed by atoms with van der Waals surface area (Å²) < 4.78 is 34.0. The fourth-order valence-corrected chi connectivity index (χ4v) is 4.93. The average Bonchev–Trinajstić information content (AvgIpc) is 2.56. The lowest BCUT2D eigenvalue weighted by Crippen LogP contribution is -2.49. The molecule has 120 valence electrons. The summed E-state index contributed by atoms with van der Waals surface area (Å²) in [6.07, 6.45) is 0.503. The molecule has 23 heavy (non-hydrogen) atoms. The van der Waals surface area contributed by atoms with Crippen LogP contribution in [0, 0.1) is 0 Å². The number of ketones is 1. The van der Waals surface area contributed by atoms with Crippen LogP contribution in [0.2, 0.25) is 0 Å². The number of rotatable bonds is 3. The second-order valence-electron chi connectivity index (χ2n) is 5.95. The third-order valence-corrected chi connectivity index (χ3v) is 5.99. The van der Waals surface area contributed by atoms with Crippen LogP contribution in [0.4, 0.5) is 0 Å². The molecule has 0 spiro atoms. The van der Waals surface area contributed by atoms with Gasteiger partial charge in [0, 0.05) is 18.3 Å². The molecule has 4 nitrogen and oxygen atoms in total. The second-order valence-corrected chi connectivity index (χ2v) is 7.55. The molecule has 1 saturated carbocycles. The topological polar surface area (TPSA) is 71.4 Å². The normalized spacial score (nSPS) is 21.1. The largest absolute Gasteiger partial charge is 0.300 e. The number of carbonyl (C=O) groups is 1. The van der Waals surface area contributed by atoms with E-state index in [4.69, 9.17) is 0 Å². The van der Waals surface area contributed by atoms with Crippen molar-refractivity contribution in [2.75, 3.05) is 0 Å². The molecule has 0 radical (unpaired) electrons. The molecule has 1 atom stereocenters. The summed E-state index contributed by atoms with van der Waals surface area (Å²) >= 11 is 0. The Hall–Kier alpha value is -1.98. The first-order valence-electron chi connectivity index (χ1n) is 7.53. The molecule has 1 aliphatic carbocycles. The Morgan fingerprint density at radius 3 is 1.83 bits per heavy atom. The van der Waals surface area contributed by atoms with E-state index in [0.717, 1.165) is 11.1 Å². The van der Waals surface area contributed by atoms with Crippen molar-refractivity contribution < 1.29 is 17.8 Å². The van der Waals surface area contributed by atoms with E-state index in [1.807, 2.05) is 60.7 Å². The van der Waals surface area contributed by atoms with Crippen molar-refractivity contribution in [1.29, 1.82) is 0 Å². The number of carbonyl (C=O) groups excluding carboxylic acids is 1. The molecule has 3 rings (SSSR count). The van der Waals surface area contributed by atoms with E-state index >= 15 is 0 Å². The quantitative estimate of drug-likeness (QED) is 0.878. The van der Waals surface area contributed by atoms with Gasteiger partial charge in [-0.3, -0.25) is 9.35 Å². The van der Waals surface area contributed by atoms with Crippen LogP contribution in [0.1, 0.15) is 30.4 Å². The van der Waals surface area contributed by atoms with Crippen molar-refractivity contribution in [3.8, 4) is 0 Å². The maximum atomic E-state index is 12.1. The van der Waals surface area contributed by atoms with Gasteiger partial charge in [0.05, 0.1) is 0 Å². The predicted molar refractivity (Wildman–Crippen MR) is 87.9 cm³/mol. The molecule has 0 bridgehead atoms. The Labute approximate surface area is 135 Å². The highest BCUT2D eigenvalue weighted by molar-refractivity contribution is 7.86. The van der Waals surface area contributed by atoms with Gasteiger partial charge in [-0.05, 0) is 17.5 Å². The van der Waals surface area contributed by atoms with E-state index in [9.17, 15) is 17.8 Å². The van der Waals surface area contributed by atoms with Crippen molar-refractivity contribution in [2.45, 2.75) is 29.9 Å². The van der Waals surface area contributed by atoms with Crippen molar-refractivity contribution in [3.05, 3.63) is 71.8 Å². The number of hydrogen-bond donors (Lipinski definition) is 1. The summed E-state index contributed by atoms with van der Waals surface area (Å²) in [6, 6.07) is 18.5. The first kappa shape index (κ1) is 15.9. The average molecular weight is 330 g/mol. The highest BCUT2D eigenvalue weighted by Gasteiger charge is 2.51. The van der Waals surface area contributed by atoms with Crippen molar-refractivity contribution in [2.24, 2.45) is 0 Å². The van der Waals surface area contributed by atoms with E-state index in [2.05, 4.69) is 0 Å². The summed E-state index contributed by atoms with van der Waals surface area (Å²) in [5.41, 5.74) is 0.701. The Bertz CT molecular complexity index is 758. The fourth-order valence-electron chi connectivity index (χ4n) is 3.64. The minimum atomic E-state index is -4.38. The van der Waals surface area contributed by atoms with Gasteiger partial charge >= 0.3 is 0 Å². The van der Waals surface area contributed by atoms with Crippen LogP contribution >= 0.6 is 0 Å². The number of Topliss-reactive ketones (excluding diaryl/α,β-unsaturated/α-hetero) is 1. The molecule has 1 fully saturated rings. The summed E-state index contributed by atoms with van der Waals surface area (Å²) in [4.78, 5) is 11.9. The lowest BCUT2D eigenvalue weighted by atomic mass is 9.64. The van der Waals surface area contributed by atoms with E-state index < -0.39 is 20.8 Å². The van der Waals surface area contributed by atoms with Gasteiger partial charge in [-0.25, -0.2) is 0 Å². The zero-order valence-corrected chi connectivity index (χ0v) is 13.4. The maximum absolute atomic E-state index is 12.1. The Morgan fingerprint density at radius 1 is 0.913 bits per heavy atom.